The lowest BCUT2D eigenvalue weighted by molar-refractivity contribution is 0.144. The molecule has 0 amide bonds. The van der Waals surface area contributed by atoms with Gasteiger partial charge in [0, 0.05) is 18.4 Å². The van der Waals surface area contributed by atoms with E-state index >= 15 is 0 Å². The van der Waals surface area contributed by atoms with E-state index in [1.54, 1.807) is 0 Å². The zero-order valence-corrected chi connectivity index (χ0v) is 10.8. The Morgan fingerprint density at radius 3 is 1.29 bits per heavy atom. The molecule has 0 fully saturated rings. The Bertz CT molecular complexity index is 120. The molecule has 0 aliphatic carbocycles. The molecule has 3 nitrogen and oxygen atoms in total. The van der Waals surface area contributed by atoms with E-state index in [9.17, 15) is 0 Å². The van der Waals surface area contributed by atoms with E-state index in [2.05, 4.69) is 45.5 Å². The van der Waals surface area contributed by atoms with Crippen LogP contribution in [0.3, 0.4) is 0 Å². The van der Waals surface area contributed by atoms with E-state index in [1.165, 1.54) is 0 Å². The van der Waals surface area contributed by atoms with Gasteiger partial charge in [0.05, 0.1) is 0 Å². The molecule has 0 saturated carbocycles. The Hall–Kier alpha value is -0.700. The van der Waals surface area contributed by atoms with Crippen molar-refractivity contribution in [3.63, 3.8) is 0 Å². The Morgan fingerprint density at radius 2 is 1.14 bits per heavy atom. The first-order valence-corrected chi connectivity index (χ1v) is 5.50. The van der Waals surface area contributed by atoms with Gasteiger partial charge >= 0.3 is 0 Å². The summed E-state index contributed by atoms with van der Waals surface area (Å²) < 4.78 is 0. The quantitative estimate of drug-likeness (QED) is 0.683. The molecule has 0 spiro atoms. The molecule has 0 bridgehead atoms. The van der Waals surface area contributed by atoms with E-state index in [1.807, 2.05) is 31.4 Å². The summed E-state index contributed by atoms with van der Waals surface area (Å²) in [5.74, 6) is 0.833. The highest BCUT2D eigenvalue weighted by Crippen LogP contribution is 1.91. The fraction of sp³-hybridized carbons (Fsp3) is 0.818. The average Bonchev–Trinajstić information content (AvgIpc) is 2.58. The second-order valence-electron chi connectivity index (χ2n) is 3.79. The number of hydrazine groups is 2. The first-order chi connectivity index (χ1) is 6.54. The van der Waals surface area contributed by atoms with E-state index in [0.29, 0.717) is 6.04 Å². The molecule has 1 aliphatic heterocycles. The molecule has 2 N–H and O–H groups in total. The van der Waals surface area contributed by atoms with Crippen molar-refractivity contribution in [3.05, 3.63) is 12.4 Å². The molecule has 1 aliphatic rings. The molecule has 0 saturated heterocycles. The summed E-state index contributed by atoms with van der Waals surface area (Å²) in [6, 6.07) is 0.491. The molecule has 3 heteroatoms. The van der Waals surface area contributed by atoms with Gasteiger partial charge in [-0.2, -0.15) is 0 Å². The zero-order valence-electron chi connectivity index (χ0n) is 10.8. The largest absolute Gasteiger partial charge is 0.307 e. The van der Waals surface area contributed by atoms with Crippen molar-refractivity contribution in [2.45, 2.75) is 54.5 Å². The minimum atomic E-state index is 0.491. The van der Waals surface area contributed by atoms with Crippen LogP contribution in [0, 0.1) is 5.92 Å². The zero-order chi connectivity index (χ0) is 11.6. The standard InChI is InChI=1S/C5H11N3.C4H10.C2H6/c1-5(2)8-6-3-4-7-8;1-4(2)3;1-2/h3-7H,1-2H3;4H,1-3H3;1-2H3. The van der Waals surface area contributed by atoms with Crippen LogP contribution in [0.15, 0.2) is 12.4 Å². The molecule has 0 aromatic heterocycles. The third-order valence-electron chi connectivity index (χ3n) is 1.03. The summed E-state index contributed by atoms with van der Waals surface area (Å²) >= 11 is 0. The number of nitrogens with zero attached hydrogens (tertiary/aromatic N) is 1. The Balaban J connectivity index is 0. The first kappa shape index (κ1) is 15.8. The average molecular weight is 201 g/mol. The molecule has 1 heterocycles. The highest BCUT2D eigenvalue weighted by atomic mass is 15.7. The van der Waals surface area contributed by atoms with Gasteiger partial charge in [0.2, 0.25) is 0 Å². The van der Waals surface area contributed by atoms with Crippen molar-refractivity contribution in [1.29, 1.82) is 0 Å². The van der Waals surface area contributed by atoms with Crippen molar-refractivity contribution in [2.75, 3.05) is 0 Å². The van der Waals surface area contributed by atoms with E-state index in [-0.39, 0.29) is 0 Å². The van der Waals surface area contributed by atoms with Crippen LogP contribution in [0.1, 0.15) is 48.5 Å². The summed E-state index contributed by atoms with van der Waals surface area (Å²) in [7, 11) is 0. The monoisotopic (exact) mass is 201 g/mol. The SMILES string of the molecule is CC.CC(C)C.CC(C)N1NC=CN1. The molecule has 14 heavy (non-hydrogen) atoms. The lowest BCUT2D eigenvalue weighted by Crippen LogP contribution is -2.43. The summed E-state index contributed by atoms with van der Waals surface area (Å²) in [4.78, 5) is 0. The number of hydrogen-bond donors (Lipinski definition) is 2. The second kappa shape index (κ2) is 10.4. The van der Waals surface area contributed by atoms with Crippen molar-refractivity contribution >= 4 is 0 Å². The van der Waals surface area contributed by atoms with Gasteiger partial charge in [-0.1, -0.05) is 34.6 Å². The highest BCUT2D eigenvalue weighted by Gasteiger charge is 2.06. The van der Waals surface area contributed by atoms with Crippen molar-refractivity contribution in [2.24, 2.45) is 5.92 Å². The molecule has 0 atom stereocenters. The molecular formula is C11H27N3. The summed E-state index contributed by atoms with van der Waals surface area (Å²) in [6.45, 7) is 14.7. The van der Waals surface area contributed by atoms with Crippen molar-refractivity contribution < 1.29 is 0 Å². The molecule has 86 valence electrons. The Kier molecular flexibility index (Phi) is 11.7. The van der Waals surface area contributed by atoms with Crippen LogP contribution in [-0.2, 0) is 0 Å². The minimum absolute atomic E-state index is 0.491. The second-order valence-corrected chi connectivity index (χ2v) is 3.79. The highest BCUT2D eigenvalue weighted by molar-refractivity contribution is 4.81. The van der Waals surface area contributed by atoms with Gasteiger partial charge < -0.3 is 10.9 Å². The van der Waals surface area contributed by atoms with Crippen LogP contribution in [0.25, 0.3) is 0 Å². The Labute approximate surface area is 89.5 Å². The topological polar surface area (TPSA) is 27.3 Å². The van der Waals surface area contributed by atoms with Gasteiger partial charge in [-0.05, 0) is 19.8 Å². The normalized spacial score (nSPS) is 13.8. The smallest absolute Gasteiger partial charge is 0.0443 e. The van der Waals surface area contributed by atoms with Crippen molar-refractivity contribution in [1.82, 2.24) is 16.0 Å². The molecule has 0 aromatic carbocycles. The summed E-state index contributed by atoms with van der Waals surface area (Å²) in [5, 5.41) is 1.92. The van der Waals surface area contributed by atoms with E-state index < -0.39 is 0 Å². The number of nitrogens with one attached hydrogen (secondary N) is 2. The maximum atomic E-state index is 3.00. The van der Waals surface area contributed by atoms with Gasteiger partial charge in [-0.25, -0.2) is 0 Å². The van der Waals surface area contributed by atoms with E-state index in [4.69, 9.17) is 0 Å². The molecular weight excluding hydrogens is 174 g/mol. The van der Waals surface area contributed by atoms with Gasteiger partial charge in [0.25, 0.3) is 0 Å². The van der Waals surface area contributed by atoms with Crippen LogP contribution < -0.4 is 10.9 Å². The van der Waals surface area contributed by atoms with Gasteiger partial charge in [-0.15, -0.1) is 5.12 Å². The lowest BCUT2D eigenvalue weighted by atomic mass is 10.3. The van der Waals surface area contributed by atoms with Crippen LogP contribution in [0.4, 0.5) is 0 Å². The Morgan fingerprint density at radius 1 is 0.857 bits per heavy atom. The molecule has 0 radical (unpaired) electrons. The van der Waals surface area contributed by atoms with Crippen molar-refractivity contribution in [3.8, 4) is 0 Å². The lowest BCUT2D eigenvalue weighted by Gasteiger charge is -2.19. The van der Waals surface area contributed by atoms with Crippen LogP contribution in [0.2, 0.25) is 0 Å². The molecule has 0 unspecified atom stereocenters. The number of rotatable bonds is 1. The first-order valence-electron chi connectivity index (χ1n) is 5.50. The third-order valence-corrected chi connectivity index (χ3v) is 1.03. The summed E-state index contributed by atoms with van der Waals surface area (Å²) in [5.41, 5.74) is 6.00. The third kappa shape index (κ3) is 11.3. The minimum Gasteiger partial charge on any atom is -0.307 e. The maximum absolute atomic E-state index is 3.00. The summed E-state index contributed by atoms with van der Waals surface area (Å²) in [6.07, 6.45) is 3.72. The number of hydrogen-bond acceptors (Lipinski definition) is 3. The fourth-order valence-corrected chi connectivity index (χ4v) is 0.571. The van der Waals surface area contributed by atoms with Gasteiger partial charge in [0.15, 0.2) is 0 Å². The predicted octanol–water partition coefficient (Wildman–Crippen LogP) is 2.88. The maximum Gasteiger partial charge on any atom is 0.0443 e. The van der Waals surface area contributed by atoms with Gasteiger partial charge in [-0.3, -0.25) is 0 Å². The van der Waals surface area contributed by atoms with Crippen LogP contribution >= 0.6 is 0 Å². The molecule has 0 aromatic rings. The fourth-order valence-electron chi connectivity index (χ4n) is 0.571. The van der Waals surface area contributed by atoms with Crippen LogP contribution in [-0.4, -0.2) is 11.2 Å². The van der Waals surface area contributed by atoms with Gasteiger partial charge in [0.1, 0.15) is 0 Å². The van der Waals surface area contributed by atoms with Crippen LogP contribution in [0.5, 0.6) is 0 Å². The predicted molar refractivity (Wildman–Crippen MR) is 64.2 cm³/mol. The molecule has 1 rings (SSSR count). The van der Waals surface area contributed by atoms with E-state index in [0.717, 1.165) is 5.92 Å².